The molecule has 14 heavy (non-hydrogen) atoms. The van der Waals surface area contributed by atoms with Gasteiger partial charge in [-0.3, -0.25) is 0 Å². The predicted octanol–water partition coefficient (Wildman–Crippen LogP) is 3.39. The summed E-state index contributed by atoms with van der Waals surface area (Å²) in [4.78, 5) is 0. The molecule has 0 N–H and O–H groups in total. The van der Waals surface area contributed by atoms with Gasteiger partial charge in [0.1, 0.15) is 0 Å². The predicted molar refractivity (Wildman–Crippen MR) is 58.0 cm³/mol. The van der Waals surface area contributed by atoms with Crippen molar-refractivity contribution < 1.29 is 4.74 Å². The van der Waals surface area contributed by atoms with Crippen molar-refractivity contribution in [1.82, 2.24) is 0 Å². The summed E-state index contributed by atoms with van der Waals surface area (Å²) in [6.45, 7) is 3.07. The van der Waals surface area contributed by atoms with Crippen LogP contribution in [0.25, 0.3) is 0 Å². The van der Waals surface area contributed by atoms with Gasteiger partial charge in [-0.2, -0.15) is 0 Å². The zero-order chi connectivity index (χ0) is 9.80. The first-order valence-corrected chi connectivity index (χ1v) is 5.52. The summed E-state index contributed by atoms with van der Waals surface area (Å²) >= 11 is 0. The van der Waals surface area contributed by atoms with Crippen molar-refractivity contribution in [1.29, 1.82) is 0 Å². The number of hydrogen-bond acceptors (Lipinski definition) is 1. The molecule has 1 aromatic carbocycles. The van der Waals surface area contributed by atoms with E-state index in [4.69, 9.17) is 4.74 Å². The lowest BCUT2D eigenvalue weighted by molar-refractivity contribution is 0.0207. The first kappa shape index (κ1) is 9.72. The van der Waals surface area contributed by atoms with Crippen LogP contribution in [-0.2, 0) is 11.3 Å². The maximum Gasteiger partial charge on any atom is 0.0720 e. The van der Waals surface area contributed by atoms with E-state index in [1.165, 1.54) is 24.8 Å². The van der Waals surface area contributed by atoms with E-state index in [2.05, 4.69) is 31.2 Å². The van der Waals surface area contributed by atoms with Gasteiger partial charge in [-0.1, -0.05) is 43.7 Å². The van der Waals surface area contributed by atoms with E-state index in [-0.39, 0.29) is 0 Å². The van der Waals surface area contributed by atoms with E-state index in [1.54, 1.807) is 0 Å². The molecule has 1 aliphatic rings. The molecule has 0 unspecified atom stereocenters. The summed E-state index contributed by atoms with van der Waals surface area (Å²) in [6, 6.07) is 10.4. The standard InChI is InChI=1S/C13H18O/c1-11-6-5-9-13(11)14-10-12-7-3-2-4-8-12/h2-4,7-8,11,13H,5-6,9-10H2,1H3/t11-,13+/m0/s1. The zero-order valence-corrected chi connectivity index (χ0v) is 8.78. The first-order chi connectivity index (χ1) is 6.86. The second kappa shape index (κ2) is 4.61. The number of ether oxygens (including phenoxy) is 1. The highest BCUT2D eigenvalue weighted by molar-refractivity contribution is 5.13. The van der Waals surface area contributed by atoms with Gasteiger partial charge >= 0.3 is 0 Å². The molecule has 2 atom stereocenters. The molecule has 0 amide bonds. The molecule has 0 bridgehead atoms. The van der Waals surface area contributed by atoms with Crippen molar-refractivity contribution in [2.24, 2.45) is 5.92 Å². The third-order valence-corrected chi connectivity index (χ3v) is 3.09. The molecular weight excluding hydrogens is 172 g/mol. The Hall–Kier alpha value is -0.820. The maximum absolute atomic E-state index is 5.90. The smallest absolute Gasteiger partial charge is 0.0720 e. The molecule has 0 radical (unpaired) electrons. The minimum absolute atomic E-state index is 0.496. The third kappa shape index (κ3) is 2.36. The highest BCUT2D eigenvalue weighted by Gasteiger charge is 2.23. The Morgan fingerprint density at radius 3 is 2.64 bits per heavy atom. The van der Waals surface area contributed by atoms with Crippen LogP contribution in [0.3, 0.4) is 0 Å². The Labute approximate surface area is 86.1 Å². The highest BCUT2D eigenvalue weighted by atomic mass is 16.5. The van der Waals surface area contributed by atoms with Gasteiger partial charge < -0.3 is 4.74 Å². The molecule has 0 aromatic heterocycles. The molecule has 1 saturated carbocycles. The maximum atomic E-state index is 5.90. The molecule has 1 nitrogen and oxygen atoms in total. The molecular formula is C13H18O. The van der Waals surface area contributed by atoms with Crippen molar-refractivity contribution in [2.45, 2.75) is 38.9 Å². The molecule has 0 aliphatic heterocycles. The Balaban J connectivity index is 1.82. The summed E-state index contributed by atoms with van der Waals surface area (Å²) < 4.78 is 5.90. The number of hydrogen-bond donors (Lipinski definition) is 0. The molecule has 1 aliphatic carbocycles. The fourth-order valence-electron chi connectivity index (χ4n) is 2.14. The summed E-state index contributed by atoms with van der Waals surface area (Å²) in [7, 11) is 0. The molecule has 0 saturated heterocycles. The van der Waals surface area contributed by atoms with Crippen molar-refractivity contribution in [3.63, 3.8) is 0 Å². The highest BCUT2D eigenvalue weighted by Crippen LogP contribution is 2.28. The van der Waals surface area contributed by atoms with Crippen LogP contribution in [0.5, 0.6) is 0 Å². The lowest BCUT2D eigenvalue weighted by Crippen LogP contribution is -2.15. The van der Waals surface area contributed by atoms with Gasteiger partial charge in [-0.05, 0) is 24.3 Å². The lowest BCUT2D eigenvalue weighted by atomic mass is 10.1. The van der Waals surface area contributed by atoms with Gasteiger partial charge in [0, 0.05) is 0 Å². The van der Waals surface area contributed by atoms with Gasteiger partial charge in [-0.15, -0.1) is 0 Å². The molecule has 1 aromatic rings. The topological polar surface area (TPSA) is 9.23 Å². The molecule has 2 rings (SSSR count). The minimum atomic E-state index is 0.496. The molecule has 0 spiro atoms. The van der Waals surface area contributed by atoms with Crippen LogP contribution < -0.4 is 0 Å². The average Bonchev–Trinajstić information content (AvgIpc) is 2.63. The fraction of sp³-hybridized carbons (Fsp3) is 0.538. The van der Waals surface area contributed by atoms with Crippen molar-refractivity contribution >= 4 is 0 Å². The van der Waals surface area contributed by atoms with Crippen LogP contribution in [0.4, 0.5) is 0 Å². The summed E-state index contributed by atoms with van der Waals surface area (Å²) in [5, 5.41) is 0. The van der Waals surface area contributed by atoms with Gasteiger partial charge in [0.05, 0.1) is 12.7 Å². The molecule has 1 fully saturated rings. The van der Waals surface area contributed by atoms with Gasteiger partial charge in [0.25, 0.3) is 0 Å². The second-order valence-electron chi connectivity index (χ2n) is 4.24. The van der Waals surface area contributed by atoms with Crippen LogP contribution in [0.2, 0.25) is 0 Å². The van der Waals surface area contributed by atoms with E-state index in [1.807, 2.05) is 6.07 Å². The van der Waals surface area contributed by atoms with Crippen molar-refractivity contribution in [3.05, 3.63) is 35.9 Å². The normalized spacial score (nSPS) is 26.6. The number of benzene rings is 1. The summed E-state index contributed by atoms with van der Waals surface area (Å²) in [5.74, 6) is 0.749. The van der Waals surface area contributed by atoms with Crippen LogP contribution in [-0.4, -0.2) is 6.10 Å². The fourth-order valence-corrected chi connectivity index (χ4v) is 2.14. The lowest BCUT2D eigenvalue weighted by Gasteiger charge is -2.16. The molecule has 1 heteroatoms. The molecule has 0 heterocycles. The van der Waals surface area contributed by atoms with E-state index in [0.29, 0.717) is 6.10 Å². The SMILES string of the molecule is C[C@H]1CCC[C@H]1OCc1ccccc1. The largest absolute Gasteiger partial charge is 0.373 e. The average molecular weight is 190 g/mol. The van der Waals surface area contributed by atoms with Crippen LogP contribution >= 0.6 is 0 Å². The van der Waals surface area contributed by atoms with Crippen LogP contribution in [0.15, 0.2) is 30.3 Å². The van der Waals surface area contributed by atoms with Crippen molar-refractivity contribution in [3.8, 4) is 0 Å². The van der Waals surface area contributed by atoms with Gasteiger partial charge in [0.2, 0.25) is 0 Å². The Morgan fingerprint density at radius 1 is 1.21 bits per heavy atom. The van der Waals surface area contributed by atoms with Crippen LogP contribution in [0.1, 0.15) is 31.7 Å². The quantitative estimate of drug-likeness (QED) is 0.710. The summed E-state index contributed by atoms with van der Waals surface area (Å²) in [6.07, 6.45) is 4.41. The van der Waals surface area contributed by atoms with E-state index in [0.717, 1.165) is 12.5 Å². The van der Waals surface area contributed by atoms with Gasteiger partial charge in [-0.25, -0.2) is 0 Å². The third-order valence-electron chi connectivity index (χ3n) is 3.09. The van der Waals surface area contributed by atoms with E-state index in [9.17, 15) is 0 Å². The van der Waals surface area contributed by atoms with Crippen LogP contribution in [0, 0.1) is 5.92 Å². The van der Waals surface area contributed by atoms with Crippen molar-refractivity contribution in [2.75, 3.05) is 0 Å². The zero-order valence-electron chi connectivity index (χ0n) is 8.78. The van der Waals surface area contributed by atoms with E-state index >= 15 is 0 Å². The Bertz CT molecular complexity index is 268. The number of rotatable bonds is 3. The first-order valence-electron chi connectivity index (χ1n) is 5.52. The minimum Gasteiger partial charge on any atom is -0.373 e. The second-order valence-corrected chi connectivity index (χ2v) is 4.24. The summed E-state index contributed by atoms with van der Waals surface area (Å²) in [5.41, 5.74) is 1.28. The van der Waals surface area contributed by atoms with E-state index < -0.39 is 0 Å². The van der Waals surface area contributed by atoms with Gasteiger partial charge in [0.15, 0.2) is 0 Å². The Kier molecular flexibility index (Phi) is 3.20. The monoisotopic (exact) mass is 190 g/mol. The Morgan fingerprint density at radius 2 is 2.00 bits per heavy atom. The molecule has 76 valence electrons.